The van der Waals surface area contributed by atoms with Crippen molar-refractivity contribution < 1.29 is 14.0 Å². The van der Waals surface area contributed by atoms with Crippen LogP contribution in [-0.4, -0.2) is 40.7 Å². The van der Waals surface area contributed by atoms with Crippen molar-refractivity contribution in [2.75, 3.05) is 5.32 Å². The summed E-state index contributed by atoms with van der Waals surface area (Å²) in [6, 6.07) is 11.9. The number of anilines is 1. The van der Waals surface area contributed by atoms with Crippen LogP contribution in [0.25, 0.3) is 0 Å². The molecule has 1 spiro atoms. The van der Waals surface area contributed by atoms with Gasteiger partial charge in [0.15, 0.2) is 14.5 Å². The van der Waals surface area contributed by atoms with Gasteiger partial charge in [0.2, 0.25) is 5.91 Å². The molecule has 0 unspecified atom stereocenters. The van der Waals surface area contributed by atoms with Gasteiger partial charge in [-0.05, 0) is 62.0 Å². The van der Waals surface area contributed by atoms with Crippen LogP contribution >= 0.6 is 11.8 Å². The van der Waals surface area contributed by atoms with E-state index in [1.54, 1.807) is 28.6 Å². The third kappa shape index (κ3) is 5.58. The zero-order valence-corrected chi connectivity index (χ0v) is 23.4. The number of ether oxygens (including phenoxy) is 1. The summed E-state index contributed by atoms with van der Waals surface area (Å²) in [4.78, 5) is 29.7. The second-order valence-corrected chi connectivity index (χ2v) is 17.3. The van der Waals surface area contributed by atoms with Gasteiger partial charge in [-0.25, -0.2) is 4.79 Å². The van der Waals surface area contributed by atoms with Crippen LogP contribution in [0.4, 0.5) is 5.82 Å². The fourth-order valence-electron chi connectivity index (χ4n) is 4.75. The first-order chi connectivity index (χ1) is 16.4. The molecule has 2 fully saturated rings. The molecule has 1 aliphatic heterocycles. The summed E-state index contributed by atoms with van der Waals surface area (Å²) in [5.41, 5.74) is -0.862. The molecule has 2 heterocycles. The number of amides is 1. The van der Waals surface area contributed by atoms with E-state index in [0.29, 0.717) is 0 Å². The topological polar surface area (TPSA) is 82.5 Å². The molecule has 190 valence electrons. The molecule has 4 atom stereocenters. The van der Waals surface area contributed by atoms with Gasteiger partial charge >= 0.3 is 5.69 Å². The second kappa shape index (κ2) is 9.84. The van der Waals surface area contributed by atoms with E-state index in [1.807, 2.05) is 18.2 Å². The van der Waals surface area contributed by atoms with E-state index < -0.39 is 25.8 Å². The van der Waals surface area contributed by atoms with E-state index in [9.17, 15) is 9.59 Å². The van der Waals surface area contributed by atoms with E-state index in [1.165, 1.54) is 6.92 Å². The second-order valence-electron chi connectivity index (χ2n) is 11.2. The molecule has 1 amide bonds. The summed E-state index contributed by atoms with van der Waals surface area (Å²) in [7, 11) is -2.00. The summed E-state index contributed by atoms with van der Waals surface area (Å²) in [6.45, 7) is 12.7. The quantitative estimate of drug-likeness (QED) is 0.505. The molecule has 7 nitrogen and oxygen atoms in total. The number of thioether (sulfide) groups is 1. The van der Waals surface area contributed by atoms with Crippen LogP contribution in [0.2, 0.25) is 18.1 Å². The Morgan fingerprint density at radius 3 is 2.60 bits per heavy atom. The predicted molar refractivity (Wildman–Crippen MR) is 142 cm³/mol. The van der Waals surface area contributed by atoms with Crippen LogP contribution in [0, 0.1) is 0 Å². The van der Waals surface area contributed by atoms with Crippen LogP contribution in [0.5, 0.6) is 0 Å². The zero-order valence-electron chi connectivity index (χ0n) is 21.5. The Morgan fingerprint density at radius 2 is 1.97 bits per heavy atom. The van der Waals surface area contributed by atoms with Crippen LogP contribution in [0.3, 0.4) is 0 Å². The van der Waals surface area contributed by atoms with Gasteiger partial charge in [0.25, 0.3) is 0 Å². The Bertz CT molecular complexity index is 1120. The molecular formula is C26H37N3O4SSi. The first-order valence-corrected chi connectivity index (χ1v) is 16.1. The highest BCUT2D eigenvalue weighted by molar-refractivity contribution is 8.00. The van der Waals surface area contributed by atoms with Gasteiger partial charge in [0, 0.05) is 18.0 Å². The van der Waals surface area contributed by atoms with Crippen LogP contribution < -0.4 is 11.0 Å². The van der Waals surface area contributed by atoms with Gasteiger partial charge in [-0.3, -0.25) is 9.36 Å². The maximum Gasteiger partial charge on any atom is 0.351 e. The lowest BCUT2D eigenvalue weighted by atomic mass is 9.96. The minimum absolute atomic E-state index is 0.00887. The molecule has 4 rings (SSSR count). The third-order valence-electron chi connectivity index (χ3n) is 7.56. The molecule has 1 saturated heterocycles. The maximum absolute atomic E-state index is 13.0. The summed E-state index contributed by atoms with van der Waals surface area (Å²) in [5.74, 6) is -0.0152. The molecule has 2 aromatic rings. The predicted octanol–water partition coefficient (Wildman–Crippen LogP) is 5.59. The van der Waals surface area contributed by atoms with E-state index in [2.05, 4.69) is 56.3 Å². The highest BCUT2D eigenvalue weighted by atomic mass is 32.2. The van der Waals surface area contributed by atoms with Crippen LogP contribution in [-0.2, 0) is 14.0 Å². The van der Waals surface area contributed by atoms with Crippen molar-refractivity contribution in [3.8, 4) is 0 Å². The molecule has 2 aliphatic rings. The Morgan fingerprint density at radius 1 is 1.26 bits per heavy atom. The monoisotopic (exact) mass is 515 g/mol. The average Bonchev–Trinajstić information content (AvgIpc) is 3.30. The van der Waals surface area contributed by atoms with E-state index in [0.717, 1.165) is 30.6 Å². The first-order valence-electron chi connectivity index (χ1n) is 12.3. The van der Waals surface area contributed by atoms with Crippen molar-refractivity contribution in [2.45, 2.75) is 99.6 Å². The van der Waals surface area contributed by atoms with Gasteiger partial charge in [-0.2, -0.15) is 4.98 Å². The number of carbonyl (C=O) groups is 1. The van der Waals surface area contributed by atoms with Crippen LogP contribution in [0.1, 0.15) is 59.6 Å². The first kappa shape index (κ1) is 26.1. The molecule has 9 heteroatoms. The molecule has 1 saturated carbocycles. The number of carbonyl (C=O) groups excluding carboxylic acids is 1. The van der Waals surface area contributed by atoms with Crippen molar-refractivity contribution in [3.05, 3.63) is 53.1 Å². The Labute approximate surface area is 213 Å². The zero-order chi connectivity index (χ0) is 25.4. The summed E-state index contributed by atoms with van der Waals surface area (Å²) in [5, 5.41) is 2.71. The van der Waals surface area contributed by atoms with Crippen molar-refractivity contribution in [3.63, 3.8) is 0 Å². The molecule has 1 aromatic heterocycles. The van der Waals surface area contributed by atoms with E-state index in [4.69, 9.17) is 9.16 Å². The fourth-order valence-corrected chi connectivity index (χ4v) is 7.48. The number of benzene rings is 1. The third-order valence-corrected chi connectivity index (χ3v) is 13.3. The molecule has 1 aliphatic carbocycles. The SMILES string of the molecule is CC(=O)Nc1ccn([C@@H]2O[C@@]3(CCC[C@H]3O[Si](C)(C)C(C)(C)C)C[C@H]2Sc2ccccc2)c(=O)n1. The summed E-state index contributed by atoms with van der Waals surface area (Å²) < 4.78 is 15.4. The molecule has 35 heavy (non-hydrogen) atoms. The van der Waals surface area contributed by atoms with Gasteiger partial charge in [-0.1, -0.05) is 39.0 Å². The molecular weight excluding hydrogens is 478 g/mol. The lowest BCUT2D eigenvalue weighted by molar-refractivity contribution is -0.116. The van der Waals surface area contributed by atoms with Gasteiger partial charge in [-0.15, -0.1) is 11.8 Å². The number of aromatic nitrogens is 2. The molecule has 0 radical (unpaired) electrons. The number of nitrogens with zero attached hydrogens (tertiary/aromatic N) is 2. The Hall–Kier alpha value is -1.94. The van der Waals surface area contributed by atoms with E-state index in [-0.39, 0.29) is 28.1 Å². The van der Waals surface area contributed by atoms with Gasteiger partial charge in [0.1, 0.15) is 5.82 Å². The van der Waals surface area contributed by atoms with E-state index >= 15 is 0 Å². The summed E-state index contributed by atoms with van der Waals surface area (Å²) in [6.07, 6.45) is 4.95. The molecule has 0 bridgehead atoms. The smallest absolute Gasteiger partial charge is 0.351 e. The van der Waals surface area contributed by atoms with Gasteiger partial charge in [0.05, 0.1) is 17.0 Å². The molecule has 1 aromatic carbocycles. The van der Waals surface area contributed by atoms with Crippen molar-refractivity contribution in [1.82, 2.24) is 9.55 Å². The fraction of sp³-hybridized carbons (Fsp3) is 0.577. The van der Waals surface area contributed by atoms with Crippen molar-refractivity contribution >= 4 is 31.8 Å². The number of hydrogen-bond donors (Lipinski definition) is 1. The minimum Gasteiger partial charge on any atom is -0.411 e. The summed E-state index contributed by atoms with van der Waals surface area (Å²) >= 11 is 1.74. The molecule has 1 N–H and O–H groups in total. The lowest BCUT2D eigenvalue weighted by Crippen LogP contribution is -2.50. The highest BCUT2D eigenvalue weighted by Crippen LogP contribution is 2.54. The lowest BCUT2D eigenvalue weighted by Gasteiger charge is -2.42. The minimum atomic E-state index is -2.00. The average molecular weight is 516 g/mol. The van der Waals surface area contributed by atoms with Crippen molar-refractivity contribution in [2.24, 2.45) is 0 Å². The number of nitrogens with one attached hydrogen (secondary N) is 1. The normalized spacial score (nSPS) is 26.9. The standard InChI is InChI=1S/C26H37N3O4SSi/c1-18(30)27-22-14-16-29(24(31)28-22)23-20(34-19-11-8-7-9-12-19)17-26(32-23)15-10-13-21(26)33-35(5,6)25(2,3)4/h7-9,11-12,14,16,20-21,23H,10,13,15,17H2,1-6H3,(H,27,28,30,31)/t20-,21-,23-,26+/m1/s1. The highest BCUT2D eigenvalue weighted by Gasteiger charge is 2.57. The Balaban J connectivity index is 1.67. The van der Waals surface area contributed by atoms with Gasteiger partial charge < -0.3 is 14.5 Å². The van der Waals surface area contributed by atoms with Crippen molar-refractivity contribution in [1.29, 1.82) is 0 Å². The van der Waals surface area contributed by atoms with Crippen LogP contribution in [0.15, 0.2) is 52.3 Å². The maximum atomic E-state index is 13.0. The number of rotatable bonds is 6. The Kier molecular flexibility index (Phi) is 7.35. The number of hydrogen-bond acceptors (Lipinski definition) is 6. The largest absolute Gasteiger partial charge is 0.411 e.